The van der Waals surface area contributed by atoms with Gasteiger partial charge < -0.3 is 5.11 Å². The Bertz CT molecular complexity index is 914. The Labute approximate surface area is 156 Å². The predicted octanol–water partition coefficient (Wildman–Crippen LogP) is 1.29. The molecule has 7 heteroatoms. The van der Waals surface area contributed by atoms with Gasteiger partial charge in [0, 0.05) is 12.2 Å². The van der Waals surface area contributed by atoms with Crippen LogP contribution in [0.2, 0.25) is 0 Å². The SMILES string of the molecule is Cc1ccccc1C1NC(C(=O)O)C2C(=O)N(Cc3ccccn3)C(=O)C12. The van der Waals surface area contributed by atoms with E-state index >= 15 is 0 Å². The minimum absolute atomic E-state index is 0.0539. The second-order valence-electron chi connectivity index (χ2n) is 6.95. The summed E-state index contributed by atoms with van der Waals surface area (Å²) in [4.78, 5) is 43.2. The summed E-state index contributed by atoms with van der Waals surface area (Å²) < 4.78 is 0. The van der Waals surface area contributed by atoms with Crippen LogP contribution in [0.15, 0.2) is 48.7 Å². The first-order chi connectivity index (χ1) is 13.0. The number of nitrogens with zero attached hydrogens (tertiary/aromatic N) is 2. The molecule has 138 valence electrons. The summed E-state index contributed by atoms with van der Waals surface area (Å²) in [5.41, 5.74) is 2.38. The molecule has 1 aromatic carbocycles. The molecule has 2 fully saturated rings. The number of aromatic nitrogens is 1. The lowest BCUT2D eigenvalue weighted by molar-refractivity contribution is -0.146. The molecule has 4 rings (SSSR count). The van der Waals surface area contributed by atoms with Crippen LogP contribution in [-0.4, -0.2) is 38.8 Å². The lowest BCUT2D eigenvalue weighted by atomic mass is 9.85. The molecule has 0 spiro atoms. The summed E-state index contributed by atoms with van der Waals surface area (Å²) >= 11 is 0. The van der Waals surface area contributed by atoms with Crippen LogP contribution in [0, 0.1) is 18.8 Å². The summed E-state index contributed by atoms with van der Waals surface area (Å²) in [6, 6.07) is 11.2. The van der Waals surface area contributed by atoms with Crippen LogP contribution >= 0.6 is 0 Å². The number of aryl methyl sites for hydroxylation is 1. The zero-order chi connectivity index (χ0) is 19.1. The first kappa shape index (κ1) is 17.4. The van der Waals surface area contributed by atoms with E-state index in [4.69, 9.17) is 0 Å². The van der Waals surface area contributed by atoms with Crippen LogP contribution in [0.4, 0.5) is 0 Å². The molecule has 4 unspecified atom stereocenters. The Morgan fingerprint density at radius 2 is 1.81 bits per heavy atom. The zero-order valence-electron chi connectivity index (χ0n) is 14.7. The third kappa shape index (κ3) is 2.80. The maximum atomic E-state index is 13.1. The summed E-state index contributed by atoms with van der Waals surface area (Å²) in [6.07, 6.45) is 1.60. The van der Waals surface area contributed by atoms with Crippen molar-refractivity contribution >= 4 is 17.8 Å². The molecule has 0 bridgehead atoms. The number of rotatable bonds is 4. The average Bonchev–Trinajstić information content (AvgIpc) is 3.16. The summed E-state index contributed by atoms with van der Waals surface area (Å²) in [5, 5.41) is 12.6. The molecular weight excluding hydrogens is 346 g/mol. The minimum atomic E-state index is -1.12. The molecule has 1 aromatic heterocycles. The largest absolute Gasteiger partial charge is 0.480 e. The van der Waals surface area contributed by atoms with Gasteiger partial charge in [0.25, 0.3) is 0 Å². The van der Waals surface area contributed by atoms with Gasteiger partial charge in [-0.1, -0.05) is 30.3 Å². The van der Waals surface area contributed by atoms with Gasteiger partial charge in [0.15, 0.2) is 0 Å². The van der Waals surface area contributed by atoms with Crippen molar-refractivity contribution < 1.29 is 19.5 Å². The van der Waals surface area contributed by atoms with Gasteiger partial charge >= 0.3 is 5.97 Å². The first-order valence-corrected chi connectivity index (χ1v) is 8.78. The highest BCUT2D eigenvalue weighted by atomic mass is 16.4. The maximum absolute atomic E-state index is 13.1. The number of fused-ring (bicyclic) bond motifs is 1. The van der Waals surface area contributed by atoms with Crippen LogP contribution in [0.25, 0.3) is 0 Å². The lowest BCUT2D eigenvalue weighted by Crippen LogP contribution is -2.43. The second kappa shape index (κ2) is 6.59. The third-order valence-corrected chi connectivity index (χ3v) is 5.40. The molecule has 3 heterocycles. The highest BCUT2D eigenvalue weighted by Crippen LogP contribution is 2.44. The maximum Gasteiger partial charge on any atom is 0.321 e. The monoisotopic (exact) mass is 365 g/mol. The van der Waals surface area contributed by atoms with E-state index in [1.165, 1.54) is 0 Å². The normalized spacial score (nSPS) is 27.1. The van der Waals surface area contributed by atoms with Gasteiger partial charge in [-0.05, 0) is 30.2 Å². The summed E-state index contributed by atoms with van der Waals surface area (Å²) in [7, 11) is 0. The molecule has 7 nitrogen and oxygen atoms in total. The van der Waals surface area contributed by atoms with Crippen LogP contribution in [0.5, 0.6) is 0 Å². The molecule has 2 aromatic rings. The Balaban J connectivity index is 1.71. The average molecular weight is 365 g/mol. The summed E-state index contributed by atoms with van der Waals surface area (Å²) in [5.74, 6) is -3.57. The van der Waals surface area contributed by atoms with Gasteiger partial charge in [-0.2, -0.15) is 0 Å². The topological polar surface area (TPSA) is 99.6 Å². The third-order valence-electron chi connectivity index (χ3n) is 5.40. The van der Waals surface area contributed by atoms with Crippen LogP contribution < -0.4 is 5.32 Å². The van der Waals surface area contributed by atoms with Crippen molar-refractivity contribution in [3.63, 3.8) is 0 Å². The van der Waals surface area contributed by atoms with E-state index in [9.17, 15) is 19.5 Å². The number of carbonyl (C=O) groups is 3. The molecule has 2 N–H and O–H groups in total. The van der Waals surface area contributed by atoms with Gasteiger partial charge in [0.1, 0.15) is 6.04 Å². The van der Waals surface area contributed by atoms with Crippen molar-refractivity contribution in [1.82, 2.24) is 15.2 Å². The Morgan fingerprint density at radius 1 is 1.11 bits per heavy atom. The molecule has 0 aliphatic carbocycles. The summed E-state index contributed by atoms with van der Waals surface area (Å²) in [6.45, 7) is 1.96. The number of nitrogens with one attached hydrogen (secondary N) is 1. The molecule has 27 heavy (non-hydrogen) atoms. The van der Waals surface area contributed by atoms with Gasteiger partial charge in [-0.25, -0.2) is 0 Å². The Morgan fingerprint density at radius 3 is 2.48 bits per heavy atom. The molecule has 0 saturated carbocycles. The number of amides is 2. The highest BCUT2D eigenvalue weighted by Gasteiger charge is 2.61. The van der Waals surface area contributed by atoms with E-state index < -0.39 is 35.8 Å². The number of likely N-dealkylation sites (tertiary alicyclic amines) is 1. The number of hydrogen-bond donors (Lipinski definition) is 2. The van der Waals surface area contributed by atoms with E-state index in [1.54, 1.807) is 24.4 Å². The van der Waals surface area contributed by atoms with Crippen molar-refractivity contribution in [2.75, 3.05) is 0 Å². The zero-order valence-corrected chi connectivity index (χ0v) is 14.7. The molecule has 0 radical (unpaired) electrons. The van der Waals surface area contributed by atoms with Crippen molar-refractivity contribution in [1.29, 1.82) is 0 Å². The predicted molar refractivity (Wildman–Crippen MR) is 95.3 cm³/mol. The molecule has 2 saturated heterocycles. The molecule has 2 amide bonds. The van der Waals surface area contributed by atoms with Crippen molar-refractivity contribution in [3.8, 4) is 0 Å². The number of carbonyl (C=O) groups excluding carboxylic acids is 2. The number of benzene rings is 1. The molecule has 4 atom stereocenters. The standard InChI is InChI=1S/C20H19N3O4/c1-11-6-2-3-8-13(11)16-14-15(17(22-16)20(26)27)19(25)23(18(14)24)10-12-7-4-5-9-21-12/h2-9,14-17,22H,10H2,1H3,(H,26,27). The van der Waals surface area contributed by atoms with E-state index in [0.29, 0.717) is 5.69 Å². The number of carboxylic acids is 1. The van der Waals surface area contributed by atoms with E-state index in [-0.39, 0.29) is 12.5 Å². The smallest absolute Gasteiger partial charge is 0.321 e. The van der Waals surface area contributed by atoms with Gasteiger partial charge in [-0.15, -0.1) is 0 Å². The lowest BCUT2D eigenvalue weighted by Gasteiger charge is -2.22. The second-order valence-corrected chi connectivity index (χ2v) is 6.95. The molecule has 2 aliphatic rings. The van der Waals surface area contributed by atoms with Crippen molar-refractivity contribution in [2.45, 2.75) is 25.6 Å². The van der Waals surface area contributed by atoms with Gasteiger partial charge in [0.05, 0.1) is 24.1 Å². The van der Waals surface area contributed by atoms with E-state index in [0.717, 1.165) is 16.0 Å². The Hall–Kier alpha value is -3.06. The first-order valence-electron chi connectivity index (χ1n) is 8.78. The van der Waals surface area contributed by atoms with Crippen LogP contribution in [0.3, 0.4) is 0 Å². The van der Waals surface area contributed by atoms with Crippen molar-refractivity contribution in [3.05, 3.63) is 65.5 Å². The molecular formula is C20H19N3O4. The number of imide groups is 1. The highest BCUT2D eigenvalue weighted by molar-refractivity contribution is 6.08. The number of pyridine rings is 1. The number of aliphatic carboxylic acids is 1. The van der Waals surface area contributed by atoms with Crippen LogP contribution in [0.1, 0.15) is 22.9 Å². The number of carboxylic acid groups (broad SMARTS) is 1. The van der Waals surface area contributed by atoms with Crippen molar-refractivity contribution in [2.24, 2.45) is 11.8 Å². The molecule has 2 aliphatic heterocycles. The minimum Gasteiger partial charge on any atom is -0.480 e. The number of hydrogen-bond acceptors (Lipinski definition) is 5. The van der Waals surface area contributed by atoms with Crippen LogP contribution in [-0.2, 0) is 20.9 Å². The fourth-order valence-electron chi connectivity index (χ4n) is 4.13. The fraction of sp³-hybridized carbons (Fsp3) is 0.300. The van der Waals surface area contributed by atoms with Gasteiger partial charge in [-0.3, -0.25) is 29.6 Å². The van der Waals surface area contributed by atoms with E-state index in [1.807, 2.05) is 31.2 Å². The fourth-order valence-corrected chi connectivity index (χ4v) is 4.13. The Kier molecular flexibility index (Phi) is 4.24. The quantitative estimate of drug-likeness (QED) is 0.792. The van der Waals surface area contributed by atoms with Gasteiger partial charge in [0.2, 0.25) is 11.8 Å². The van der Waals surface area contributed by atoms with E-state index in [2.05, 4.69) is 10.3 Å².